The molecule has 3 atom stereocenters. The van der Waals surface area contributed by atoms with E-state index >= 15 is 0 Å². The Morgan fingerprint density at radius 3 is 2.24 bits per heavy atom. The van der Waals surface area contributed by atoms with E-state index in [1.165, 1.54) is 0 Å². The van der Waals surface area contributed by atoms with Crippen molar-refractivity contribution in [2.45, 2.75) is 63.4 Å². The van der Waals surface area contributed by atoms with Crippen molar-refractivity contribution >= 4 is 9.84 Å². The average molecular weight is 257 g/mol. The van der Waals surface area contributed by atoms with Crippen LogP contribution in [0.2, 0.25) is 0 Å². The highest BCUT2D eigenvalue weighted by Gasteiger charge is 2.38. The fraction of sp³-hybridized carbons (Fsp3) is 0.923. The first kappa shape index (κ1) is 14.5. The minimum absolute atomic E-state index is 0.114. The predicted octanol–water partition coefficient (Wildman–Crippen LogP) is 2.92. The zero-order chi connectivity index (χ0) is 13.1. The maximum atomic E-state index is 12.5. The molecule has 0 radical (unpaired) electrons. The molecule has 0 aromatic carbocycles. The van der Waals surface area contributed by atoms with E-state index in [0.717, 1.165) is 25.7 Å². The van der Waals surface area contributed by atoms with E-state index in [4.69, 9.17) is 5.26 Å². The third-order valence-corrected chi connectivity index (χ3v) is 6.99. The van der Waals surface area contributed by atoms with Gasteiger partial charge in [-0.15, -0.1) is 0 Å². The second-order valence-corrected chi connectivity index (χ2v) is 7.98. The Morgan fingerprint density at radius 2 is 1.71 bits per heavy atom. The summed E-state index contributed by atoms with van der Waals surface area (Å²) in [6.45, 7) is 5.64. The molecule has 4 heteroatoms. The molecule has 0 amide bonds. The summed E-state index contributed by atoms with van der Waals surface area (Å²) in [6.07, 6.45) is 4.39. The molecule has 1 saturated carbocycles. The first-order chi connectivity index (χ1) is 7.91. The Bertz CT molecular complexity index is 381. The Hall–Kier alpha value is -0.560. The maximum absolute atomic E-state index is 12.5. The number of hydrogen-bond acceptors (Lipinski definition) is 3. The Balaban J connectivity index is 2.98. The van der Waals surface area contributed by atoms with Gasteiger partial charge in [0, 0.05) is 0 Å². The van der Waals surface area contributed by atoms with Gasteiger partial charge in [-0.3, -0.25) is 0 Å². The van der Waals surface area contributed by atoms with Crippen LogP contribution in [0.5, 0.6) is 0 Å². The molecule has 0 aromatic rings. The highest BCUT2D eigenvalue weighted by atomic mass is 32.2. The topological polar surface area (TPSA) is 57.9 Å². The van der Waals surface area contributed by atoms with Crippen LogP contribution in [0.15, 0.2) is 0 Å². The van der Waals surface area contributed by atoms with E-state index in [9.17, 15) is 8.42 Å². The fourth-order valence-electron chi connectivity index (χ4n) is 2.47. The predicted molar refractivity (Wildman–Crippen MR) is 69.2 cm³/mol. The molecule has 0 aliphatic heterocycles. The molecule has 0 spiro atoms. The van der Waals surface area contributed by atoms with Crippen LogP contribution in [0.1, 0.15) is 52.9 Å². The lowest BCUT2D eigenvalue weighted by atomic mass is 10.0. The lowest BCUT2D eigenvalue weighted by Crippen LogP contribution is -2.37. The van der Waals surface area contributed by atoms with Gasteiger partial charge in [0.25, 0.3) is 0 Å². The van der Waals surface area contributed by atoms with Crippen molar-refractivity contribution in [2.24, 2.45) is 11.8 Å². The zero-order valence-electron chi connectivity index (χ0n) is 11.0. The summed E-state index contributed by atoms with van der Waals surface area (Å²) in [5.74, 6) is -0.189. The molecule has 0 bridgehead atoms. The second kappa shape index (κ2) is 5.86. The molecule has 1 fully saturated rings. The van der Waals surface area contributed by atoms with Crippen molar-refractivity contribution in [3.05, 3.63) is 0 Å². The monoisotopic (exact) mass is 257 g/mol. The summed E-state index contributed by atoms with van der Waals surface area (Å²) in [5.41, 5.74) is 0. The number of hydrogen-bond donors (Lipinski definition) is 0. The summed E-state index contributed by atoms with van der Waals surface area (Å²) >= 11 is 0. The molecule has 0 N–H and O–H groups in total. The molecule has 0 aromatic heterocycles. The summed E-state index contributed by atoms with van der Waals surface area (Å²) in [5, 5.41) is 8.37. The number of nitrogens with zero attached hydrogens (tertiary/aromatic N) is 1. The number of sulfone groups is 1. The van der Waals surface area contributed by atoms with Crippen molar-refractivity contribution in [2.75, 3.05) is 0 Å². The smallest absolute Gasteiger partial charge is 0.157 e. The van der Waals surface area contributed by atoms with Gasteiger partial charge < -0.3 is 0 Å². The van der Waals surface area contributed by atoms with E-state index in [1.54, 1.807) is 6.92 Å². The first-order valence-electron chi connectivity index (χ1n) is 6.53. The lowest BCUT2D eigenvalue weighted by Gasteiger charge is -2.25. The van der Waals surface area contributed by atoms with Gasteiger partial charge in [-0.05, 0) is 25.7 Å². The van der Waals surface area contributed by atoms with Crippen molar-refractivity contribution < 1.29 is 8.42 Å². The summed E-state index contributed by atoms with van der Waals surface area (Å²) in [4.78, 5) is 0. The van der Waals surface area contributed by atoms with Crippen LogP contribution in [-0.2, 0) is 9.84 Å². The summed E-state index contributed by atoms with van der Waals surface area (Å²) in [6, 6.07) is 2.21. The van der Waals surface area contributed by atoms with Crippen LogP contribution < -0.4 is 0 Å². The molecule has 1 aliphatic rings. The Labute approximate surface area is 105 Å². The van der Waals surface area contributed by atoms with Crippen LogP contribution in [-0.4, -0.2) is 18.9 Å². The maximum Gasteiger partial charge on any atom is 0.157 e. The van der Waals surface area contributed by atoms with E-state index in [1.807, 2.05) is 13.8 Å². The molecule has 98 valence electrons. The van der Waals surface area contributed by atoms with Gasteiger partial charge >= 0.3 is 0 Å². The molecule has 3 nitrogen and oxygen atoms in total. The fourth-order valence-corrected chi connectivity index (χ4v) is 4.93. The van der Waals surface area contributed by atoms with Crippen LogP contribution in [0.25, 0.3) is 0 Å². The van der Waals surface area contributed by atoms with E-state index in [0.29, 0.717) is 6.42 Å². The highest BCUT2D eigenvalue weighted by Crippen LogP contribution is 2.31. The van der Waals surface area contributed by atoms with Crippen molar-refractivity contribution in [1.29, 1.82) is 5.26 Å². The molecule has 1 aliphatic carbocycles. The van der Waals surface area contributed by atoms with Crippen molar-refractivity contribution in [1.82, 2.24) is 0 Å². The Kier molecular flexibility index (Phi) is 5.00. The minimum Gasteiger partial charge on any atom is -0.228 e. The lowest BCUT2D eigenvalue weighted by molar-refractivity contribution is 0.495. The Morgan fingerprint density at radius 1 is 1.12 bits per heavy atom. The standard InChI is InChI=1S/C13H23NO2S/c1-10(2)11(3)17(15,16)13-8-6-4-5-7-12(13)9-14/h10-13H,4-8H2,1-3H3. The molecule has 1 rings (SSSR count). The largest absolute Gasteiger partial charge is 0.228 e. The third-order valence-electron chi connectivity index (χ3n) is 4.00. The molecular weight excluding hydrogens is 234 g/mol. The van der Waals surface area contributed by atoms with Crippen LogP contribution in [0, 0.1) is 23.2 Å². The van der Waals surface area contributed by atoms with Gasteiger partial charge in [-0.25, -0.2) is 8.42 Å². The third kappa shape index (κ3) is 3.22. The summed E-state index contributed by atoms with van der Waals surface area (Å²) < 4.78 is 25.0. The number of rotatable bonds is 3. The zero-order valence-corrected chi connectivity index (χ0v) is 11.8. The van der Waals surface area contributed by atoms with Gasteiger partial charge in [0.15, 0.2) is 9.84 Å². The molecular formula is C13H23NO2S. The highest BCUT2D eigenvalue weighted by molar-refractivity contribution is 7.92. The number of nitriles is 1. The van der Waals surface area contributed by atoms with E-state index in [-0.39, 0.29) is 17.1 Å². The SMILES string of the molecule is CC(C)C(C)S(=O)(=O)C1CCCCCC1C#N. The average Bonchev–Trinajstić information content (AvgIpc) is 2.52. The van der Waals surface area contributed by atoms with Crippen molar-refractivity contribution in [3.63, 3.8) is 0 Å². The van der Waals surface area contributed by atoms with Crippen LogP contribution in [0.3, 0.4) is 0 Å². The van der Waals surface area contributed by atoms with Gasteiger partial charge in [0.2, 0.25) is 0 Å². The van der Waals surface area contributed by atoms with E-state index in [2.05, 4.69) is 6.07 Å². The van der Waals surface area contributed by atoms with Gasteiger partial charge in [0.05, 0.1) is 22.5 Å². The van der Waals surface area contributed by atoms with Gasteiger partial charge in [0.1, 0.15) is 0 Å². The molecule has 0 saturated heterocycles. The van der Waals surface area contributed by atoms with Gasteiger partial charge in [-0.2, -0.15) is 5.26 Å². The molecule has 17 heavy (non-hydrogen) atoms. The minimum atomic E-state index is -3.17. The van der Waals surface area contributed by atoms with Crippen molar-refractivity contribution in [3.8, 4) is 6.07 Å². The normalized spacial score (nSPS) is 28.4. The van der Waals surface area contributed by atoms with Crippen LogP contribution in [0.4, 0.5) is 0 Å². The first-order valence-corrected chi connectivity index (χ1v) is 8.14. The van der Waals surface area contributed by atoms with Crippen LogP contribution >= 0.6 is 0 Å². The molecule has 0 heterocycles. The van der Waals surface area contributed by atoms with Gasteiger partial charge in [-0.1, -0.05) is 33.1 Å². The van der Waals surface area contributed by atoms with E-state index < -0.39 is 15.1 Å². The second-order valence-electron chi connectivity index (χ2n) is 5.45. The summed E-state index contributed by atoms with van der Waals surface area (Å²) in [7, 11) is -3.17. The molecule has 3 unspecified atom stereocenters. The quantitative estimate of drug-likeness (QED) is 0.730.